The Morgan fingerprint density at radius 3 is 2.58 bits per heavy atom. The van der Waals surface area contributed by atoms with E-state index in [9.17, 15) is 10.0 Å². The SMILES string of the molecule is C=N/C=C(\C=NCN(C)Cc1nc2c(N3CCOCC3)nc(-c3ccc(OC)cc3)nc2n1C(C)C)C(O)N=O. The van der Waals surface area contributed by atoms with Crippen LogP contribution in [-0.4, -0.2) is 95.8 Å². The lowest BCUT2D eigenvalue weighted by molar-refractivity contribution is 0.122. The van der Waals surface area contributed by atoms with Gasteiger partial charge < -0.3 is 24.0 Å². The molecule has 0 bridgehead atoms. The van der Waals surface area contributed by atoms with Crippen molar-refractivity contribution in [2.45, 2.75) is 32.7 Å². The van der Waals surface area contributed by atoms with Gasteiger partial charge in [-0.05, 0) is 57.1 Å². The van der Waals surface area contributed by atoms with Crippen LogP contribution >= 0.6 is 0 Å². The zero-order valence-corrected chi connectivity index (χ0v) is 23.3. The number of aromatic nitrogens is 4. The fourth-order valence-electron chi connectivity index (χ4n) is 4.43. The number of hydrogen-bond donors (Lipinski definition) is 1. The number of anilines is 1. The zero-order chi connectivity index (χ0) is 28.6. The molecule has 0 aliphatic carbocycles. The van der Waals surface area contributed by atoms with Crippen molar-refractivity contribution in [3.63, 3.8) is 0 Å². The predicted molar refractivity (Wildman–Crippen MR) is 155 cm³/mol. The van der Waals surface area contributed by atoms with Gasteiger partial charge in [0.1, 0.15) is 11.6 Å². The van der Waals surface area contributed by atoms with Crippen molar-refractivity contribution in [3.05, 3.63) is 46.8 Å². The summed E-state index contributed by atoms with van der Waals surface area (Å²) in [6, 6.07) is 7.78. The van der Waals surface area contributed by atoms with Gasteiger partial charge in [0.05, 0.1) is 33.5 Å². The average molecular weight is 550 g/mol. The monoisotopic (exact) mass is 549 g/mol. The number of fused-ring (bicyclic) bond motifs is 1. The number of benzene rings is 1. The van der Waals surface area contributed by atoms with E-state index in [2.05, 4.69) is 45.2 Å². The van der Waals surface area contributed by atoms with Gasteiger partial charge in [-0.3, -0.25) is 14.9 Å². The molecule has 1 aliphatic heterocycles. The highest BCUT2D eigenvalue weighted by Gasteiger charge is 2.25. The van der Waals surface area contributed by atoms with Crippen molar-refractivity contribution < 1.29 is 14.6 Å². The highest BCUT2D eigenvalue weighted by Crippen LogP contribution is 2.31. The van der Waals surface area contributed by atoms with E-state index in [4.69, 9.17) is 24.4 Å². The molecule has 4 rings (SSSR count). The minimum atomic E-state index is -1.55. The smallest absolute Gasteiger partial charge is 0.216 e. The number of rotatable bonds is 12. The molecule has 0 saturated carbocycles. The van der Waals surface area contributed by atoms with Crippen molar-refractivity contribution >= 4 is 29.9 Å². The lowest BCUT2D eigenvalue weighted by Gasteiger charge is -2.28. The molecule has 0 amide bonds. The topological polar surface area (TPSA) is 143 Å². The molecular formula is C27H35N9O4. The van der Waals surface area contributed by atoms with E-state index in [0.717, 1.165) is 34.1 Å². The van der Waals surface area contributed by atoms with E-state index >= 15 is 0 Å². The molecule has 1 atom stereocenters. The van der Waals surface area contributed by atoms with Gasteiger partial charge >= 0.3 is 0 Å². The second kappa shape index (κ2) is 13.3. The van der Waals surface area contributed by atoms with Gasteiger partial charge in [0, 0.05) is 42.7 Å². The Morgan fingerprint density at radius 2 is 1.95 bits per heavy atom. The summed E-state index contributed by atoms with van der Waals surface area (Å²) >= 11 is 0. The van der Waals surface area contributed by atoms with Crippen LogP contribution in [0.15, 0.2) is 51.2 Å². The van der Waals surface area contributed by atoms with Crippen molar-refractivity contribution in [1.82, 2.24) is 24.4 Å². The minimum Gasteiger partial charge on any atom is -0.497 e. The van der Waals surface area contributed by atoms with Crippen LogP contribution < -0.4 is 9.64 Å². The number of ether oxygens (including phenoxy) is 2. The number of methoxy groups -OCH3 is 1. The number of aliphatic hydroxyl groups is 1. The molecule has 13 heteroatoms. The Bertz CT molecular complexity index is 1380. The number of aliphatic imine (C=N–C) groups is 2. The van der Waals surface area contributed by atoms with Gasteiger partial charge in [0.15, 0.2) is 22.8 Å². The molecule has 1 unspecified atom stereocenters. The molecule has 2 aromatic heterocycles. The van der Waals surface area contributed by atoms with Crippen molar-refractivity contribution in [2.75, 3.05) is 52.0 Å². The normalized spacial score (nSPS) is 15.4. The molecule has 212 valence electrons. The zero-order valence-electron chi connectivity index (χ0n) is 23.3. The summed E-state index contributed by atoms with van der Waals surface area (Å²) in [6.07, 6.45) is 1.06. The molecule has 1 aromatic carbocycles. The van der Waals surface area contributed by atoms with Crippen LogP contribution in [0.1, 0.15) is 25.7 Å². The summed E-state index contributed by atoms with van der Waals surface area (Å²) in [6.45, 7) is 11.0. The maximum Gasteiger partial charge on any atom is 0.216 e. The summed E-state index contributed by atoms with van der Waals surface area (Å²) < 4.78 is 13.0. The van der Waals surface area contributed by atoms with Crippen LogP contribution in [0, 0.1) is 4.91 Å². The van der Waals surface area contributed by atoms with Gasteiger partial charge in [0.2, 0.25) is 6.23 Å². The first-order chi connectivity index (χ1) is 19.4. The van der Waals surface area contributed by atoms with Crippen LogP contribution in [0.3, 0.4) is 0 Å². The largest absolute Gasteiger partial charge is 0.497 e. The molecular weight excluding hydrogens is 514 g/mol. The summed E-state index contributed by atoms with van der Waals surface area (Å²) in [4.78, 5) is 37.8. The predicted octanol–water partition coefficient (Wildman–Crippen LogP) is 3.05. The fraction of sp³-hybridized carbons (Fsp3) is 0.444. The maximum absolute atomic E-state index is 10.7. The van der Waals surface area contributed by atoms with Gasteiger partial charge in [-0.15, -0.1) is 4.91 Å². The van der Waals surface area contributed by atoms with E-state index in [1.54, 1.807) is 7.11 Å². The molecule has 0 radical (unpaired) electrons. The number of morpholine rings is 1. The van der Waals surface area contributed by atoms with Crippen LogP contribution in [0.2, 0.25) is 0 Å². The fourth-order valence-corrected chi connectivity index (χ4v) is 4.43. The molecule has 3 aromatic rings. The first-order valence-electron chi connectivity index (χ1n) is 13.0. The quantitative estimate of drug-likeness (QED) is 0.266. The van der Waals surface area contributed by atoms with E-state index in [0.29, 0.717) is 38.7 Å². The Labute approximate surface area is 232 Å². The molecule has 1 aliphatic rings. The number of aliphatic hydroxyl groups excluding tert-OH is 1. The number of imidazole rings is 1. The van der Waals surface area contributed by atoms with Crippen LogP contribution in [-0.2, 0) is 11.3 Å². The number of nitrogens with zero attached hydrogens (tertiary/aromatic N) is 9. The first kappa shape index (κ1) is 28.9. The molecule has 3 heterocycles. The molecule has 13 nitrogen and oxygen atoms in total. The van der Waals surface area contributed by atoms with Crippen LogP contribution in [0.25, 0.3) is 22.6 Å². The molecule has 1 fully saturated rings. The summed E-state index contributed by atoms with van der Waals surface area (Å²) in [5.74, 6) is 2.97. The second-order valence-electron chi connectivity index (χ2n) is 9.62. The number of hydrogen-bond acceptors (Lipinski definition) is 12. The maximum atomic E-state index is 10.7. The van der Waals surface area contributed by atoms with Crippen LogP contribution in [0.5, 0.6) is 5.75 Å². The highest BCUT2D eigenvalue weighted by atomic mass is 16.5. The third kappa shape index (κ3) is 6.55. The summed E-state index contributed by atoms with van der Waals surface area (Å²) in [7, 11) is 3.54. The lowest BCUT2D eigenvalue weighted by Crippen LogP contribution is -2.37. The number of nitroso groups, excluding NO2 is 1. The van der Waals surface area contributed by atoms with Gasteiger partial charge in [-0.1, -0.05) is 0 Å². The molecule has 0 spiro atoms. The Balaban J connectivity index is 1.71. The third-order valence-corrected chi connectivity index (χ3v) is 6.38. The molecule has 1 saturated heterocycles. The van der Waals surface area contributed by atoms with Crippen molar-refractivity contribution in [3.8, 4) is 17.1 Å². The molecule has 40 heavy (non-hydrogen) atoms. The van der Waals surface area contributed by atoms with Crippen molar-refractivity contribution in [1.29, 1.82) is 0 Å². The standard InChI is InChI=1S/C27H35N9O4/c1-18(2)36-22(16-34(4)17-29-15-20(14-28-3)27(37)33-38)30-23-25(35-10-12-40-13-11-35)31-24(32-26(23)36)19-6-8-21(39-5)9-7-19/h6-9,14-15,18,27,37H,3,10-13,16-17H2,1-2,4-5H3/b20-14+,29-15?. The van der Waals surface area contributed by atoms with Gasteiger partial charge in [-0.25, -0.2) is 15.0 Å². The van der Waals surface area contributed by atoms with Gasteiger partial charge in [0.25, 0.3) is 0 Å². The van der Waals surface area contributed by atoms with E-state index in [-0.39, 0.29) is 18.3 Å². The van der Waals surface area contributed by atoms with E-state index in [1.807, 2.05) is 36.2 Å². The second-order valence-corrected chi connectivity index (χ2v) is 9.62. The Hall–Kier alpha value is -4.07. The average Bonchev–Trinajstić information content (AvgIpc) is 3.34. The minimum absolute atomic E-state index is 0.0788. The van der Waals surface area contributed by atoms with E-state index < -0.39 is 6.23 Å². The van der Waals surface area contributed by atoms with E-state index in [1.165, 1.54) is 12.4 Å². The first-order valence-corrected chi connectivity index (χ1v) is 13.0. The van der Waals surface area contributed by atoms with Crippen molar-refractivity contribution in [2.24, 2.45) is 15.2 Å². The highest BCUT2D eigenvalue weighted by molar-refractivity contribution is 5.86. The summed E-state index contributed by atoms with van der Waals surface area (Å²) in [5.41, 5.74) is 2.53. The molecule has 1 N–H and O–H groups in total. The lowest BCUT2D eigenvalue weighted by atomic mass is 10.2. The third-order valence-electron chi connectivity index (χ3n) is 6.38. The Morgan fingerprint density at radius 1 is 1.23 bits per heavy atom. The summed E-state index contributed by atoms with van der Waals surface area (Å²) in [5, 5.41) is 12.3. The van der Waals surface area contributed by atoms with Crippen LogP contribution in [0.4, 0.5) is 5.82 Å². The van der Waals surface area contributed by atoms with Gasteiger partial charge in [-0.2, -0.15) is 0 Å². The Kier molecular flexibility index (Phi) is 9.64.